The van der Waals surface area contributed by atoms with Crippen molar-refractivity contribution in [1.29, 1.82) is 0 Å². The Morgan fingerprint density at radius 3 is 2.20 bits per heavy atom. The highest BCUT2D eigenvalue weighted by Gasteiger charge is 2.19. The van der Waals surface area contributed by atoms with Crippen LogP contribution in [0.25, 0.3) is 0 Å². The smallest absolute Gasteiger partial charge is 0.176 e. The lowest BCUT2D eigenvalue weighted by molar-refractivity contribution is 0.0978. The molecule has 0 aliphatic rings. The number of benzene rings is 1. The summed E-state index contributed by atoms with van der Waals surface area (Å²) in [6, 6.07) is 7.18. The second-order valence-corrected chi connectivity index (χ2v) is 4.73. The summed E-state index contributed by atoms with van der Waals surface area (Å²) in [5.41, 5.74) is 0.714. The molecule has 0 aliphatic heterocycles. The summed E-state index contributed by atoms with van der Waals surface area (Å²) >= 11 is 3.40. The molecule has 82 valence electrons. The number of carbonyl (C=O) groups excluding carboxylic acids is 1. The van der Waals surface area contributed by atoms with Crippen molar-refractivity contribution in [3.63, 3.8) is 0 Å². The minimum absolute atomic E-state index is 0.118. The number of methoxy groups -OCH3 is 1. The van der Waals surface area contributed by atoms with Gasteiger partial charge in [-0.25, -0.2) is 0 Å². The fraction of sp³-hybridized carbons (Fsp3) is 0.417. The van der Waals surface area contributed by atoms with Crippen molar-refractivity contribution in [1.82, 2.24) is 0 Å². The van der Waals surface area contributed by atoms with E-state index in [1.807, 2.05) is 13.8 Å². The second-order valence-electron chi connectivity index (χ2n) is 3.74. The number of rotatable bonds is 4. The molecule has 3 heteroatoms. The predicted molar refractivity (Wildman–Crippen MR) is 64.9 cm³/mol. The summed E-state index contributed by atoms with van der Waals surface area (Å²) in [7, 11) is 1.61. The average Bonchev–Trinajstić information content (AvgIpc) is 2.27. The highest BCUT2D eigenvalue weighted by atomic mass is 79.9. The Bertz CT molecular complexity index is 330. The third kappa shape index (κ3) is 3.06. The molecule has 1 aromatic carbocycles. The summed E-state index contributed by atoms with van der Waals surface area (Å²) in [6.07, 6.45) is 0. The lowest BCUT2D eigenvalue weighted by atomic mass is 10.0. The van der Waals surface area contributed by atoms with Crippen LogP contribution >= 0.6 is 15.9 Å². The van der Waals surface area contributed by atoms with E-state index >= 15 is 0 Å². The molecule has 1 atom stereocenters. The molecular formula is C12H15BrO2. The summed E-state index contributed by atoms with van der Waals surface area (Å²) in [5, 5.41) is 0. The van der Waals surface area contributed by atoms with E-state index in [2.05, 4.69) is 15.9 Å². The van der Waals surface area contributed by atoms with E-state index in [-0.39, 0.29) is 10.6 Å². The summed E-state index contributed by atoms with van der Waals surface area (Å²) in [6.45, 7) is 4.03. The second kappa shape index (κ2) is 5.31. The third-order valence-corrected chi connectivity index (χ3v) is 3.68. The number of Topliss-reactive ketones (excluding diaryl/α,β-unsaturated/α-hetero) is 1. The molecule has 0 heterocycles. The van der Waals surface area contributed by atoms with Crippen LogP contribution in [0.4, 0.5) is 0 Å². The molecule has 1 unspecified atom stereocenters. The predicted octanol–water partition coefficient (Wildman–Crippen LogP) is 3.30. The van der Waals surface area contributed by atoms with Crippen LogP contribution < -0.4 is 4.74 Å². The minimum atomic E-state index is -0.120. The molecule has 0 saturated heterocycles. The normalized spacial score (nSPS) is 12.6. The number of alkyl halides is 1. The fourth-order valence-corrected chi connectivity index (χ4v) is 1.48. The lowest BCUT2D eigenvalue weighted by Crippen LogP contribution is -2.19. The van der Waals surface area contributed by atoms with Crippen molar-refractivity contribution in [2.24, 2.45) is 5.92 Å². The molecule has 0 amide bonds. The Kier molecular flexibility index (Phi) is 4.33. The van der Waals surface area contributed by atoms with Gasteiger partial charge in [0.05, 0.1) is 11.9 Å². The Morgan fingerprint density at radius 1 is 1.27 bits per heavy atom. The molecule has 2 nitrogen and oxygen atoms in total. The quantitative estimate of drug-likeness (QED) is 0.620. The van der Waals surface area contributed by atoms with Crippen molar-refractivity contribution in [2.75, 3.05) is 7.11 Å². The van der Waals surface area contributed by atoms with Crippen LogP contribution in [-0.2, 0) is 0 Å². The first kappa shape index (κ1) is 12.2. The van der Waals surface area contributed by atoms with Crippen LogP contribution in [-0.4, -0.2) is 17.7 Å². The Hall–Kier alpha value is -0.830. The first-order chi connectivity index (χ1) is 7.06. The van der Waals surface area contributed by atoms with Crippen LogP contribution in [0, 0.1) is 5.92 Å². The van der Waals surface area contributed by atoms with E-state index < -0.39 is 0 Å². The highest BCUT2D eigenvalue weighted by Crippen LogP contribution is 2.19. The first-order valence-electron chi connectivity index (χ1n) is 4.88. The zero-order valence-corrected chi connectivity index (χ0v) is 10.7. The van der Waals surface area contributed by atoms with Crippen molar-refractivity contribution in [3.05, 3.63) is 29.8 Å². The van der Waals surface area contributed by atoms with Crippen molar-refractivity contribution in [3.8, 4) is 5.75 Å². The van der Waals surface area contributed by atoms with Crippen LogP contribution in [0.5, 0.6) is 5.75 Å². The van der Waals surface area contributed by atoms with Gasteiger partial charge in [0.25, 0.3) is 0 Å². The first-order valence-corrected chi connectivity index (χ1v) is 5.80. The van der Waals surface area contributed by atoms with Crippen molar-refractivity contribution < 1.29 is 9.53 Å². The molecule has 15 heavy (non-hydrogen) atoms. The van der Waals surface area contributed by atoms with E-state index in [1.54, 1.807) is 31.4 Å². The van der Waals surface area contributed by atoms with Gasteiger partial charge in [0.15, 0.2) is 5.78 Å². The molecule has 1 rings (SSSR count). The van der Waals surface area contributed by atoms with E-state index in [0.29, 0.717) is 11.5 Å². The van der Waals surface area contributed by atoms with Gasteiger partial charge >= 0.3 is 0 Å². The summed E-state index contributed by atoms with van der Waals surface area (Å²) in [4.78, 5) is 11.8. The highest BCUT2D eigenvalue weighted by molar-refractivity contribution is 9.10. The van der Waals surface area contributed by atoms with Gasteiger partial charge in [-0.3, -0.25) is 4.79 Å². The monoisotopic (exact) mass is 270 g/mol. The standard InChI is InChI=1S/C12H15BrO2/c1-8(2)11(13)12(14)9-4-6-10(15-3)7-5-9/h4-8,11H,1-3H3. The maximum Gasteiger partial charge on any atom is 0.176 e. The van der Waals surface area contributed by atoms with Crippen LogP contribution in [0.15, 0.2) is 24.3 Å². The number of ketones is 1. The zero-order valence-electron chi connectivity index (χ0n) is 9.16. The summed E-state index contributed by atoms with van der Waals surface area (Å²) in [5.74, 6) is 1.18. The molecule has 0 saturated carbocycles. The third-order valence-electron chi connectivity index (χ3n) is 2.21. The molecule has 0 aromatic heterocycles. The maximum atomic E-state index is 11.9. The van der Waals surface area contributed by atoms with E-state index in [1.165, 1.54) is 0 Å². The largest absolute Gasteiger partial charge is 0.497 e. The van der Waals surface area contributed by atoms with Gasteiger partial charge in [0.2, 0.25) is 0 Å². The number of halogens is 1. The van der Waals surface area contributed by atoms with Crippen LogP contribution in [0.1, 0.15) is 24.2 Å². The molecule has 0 N–H and O–H groups in total. The number of hydrogen-bond acceptors (Lipinski definition) is 2. The number of carbonyl (C=O) groups is 1. The molecular weight excluding hydrogens is 256 g/mol. The van der Waals surface area contributed by atoms with E-state index in [4.69, 9.17) is 4.74 Å². The van der Waals surface area contributed by atoms with E-state index in [9.17, 15) is 4.79 Å². The van der Waals surface area contributed by atoms with Gasteiger partial charge < -0.3 is 4.74 Å². The van der Waals surface area contributed by atoms with Crippen LogP contribution in [0.2, 0.25) is 0 Å². The van der Waals surface area contributed by atoms with Gasteiger partial charge in [-0.15, -0.1) is 0 Å². The molecule has 0 spiro atoms. The maximum absolute atomic E-state index is 11.9. The molecule has 0 aliphatic carbocycles. The van der Waals surface area contributed by atoms with Gasteiger partial charge in [-0.2, -0.15) is 0 Å². The number of hydrogen-bond donors (Lipinski definition) is 0. The van der Waals surface area contributed by atoms with Crippen molar-refractivity contribution >= 4 is 21.7 Å². The Morgan fingerprint density at radius 2 is 1.80 bits per heavy atom. The van der Waals surface area contributed by atoms with E-state index in [0.717, 1.165) is 5.75 Å². The Balaban J connectivity index is 2.83. The zero-order chi connectivity index (χ0) is 11.4. The molecule has 0 bridgehead atoms. The van der Waals surface area contributed by atoms with Gasteiger partial charge in [0.1, 0.15) is 5.75 Å². The van der Waals surface area contributed by atoms with Gasteiger partial charge in [0, 0.05) is 5.56 Å². The SMILES string of the molecule is COc1ccc(C(=O)C(Br)C(C)C)cc1. The Labute approximate surface area is 98.8 Å². The van der Waals surface area contributed by atoms with Crippen molar-refractivity contribution in [2.45, 2.75) is 18.7 Å². The molecule has 0 radical (unpaired) electrons. The minimum Gasteiger partial charge on any atom is -0.497 e. The average molecular weight is 271 g/mol. The van der Waals surface area contributed by atoms with Gasteiger partial charge in [-0.05, 0) is 30.2 Å². The summed E-state index contributed by atoms with van der Waals surface area (Å²) < 4.78 is 5.03. The number of ether oxygens (including phenoxy) is 1. The van der Waals surface area contributed by atoms with Crippen LogP contribution in [0.3, 0.4) is 0 Å². The van der Waals surface area contributed by atoms with Gasteiger partial charge in [-0.1, -0.05) is 29.8 Å². The fourth-order valence-electron chi connectivity index (χ4n) is 1.22. The lowest BCUT2D eigenvalue weighted by Gasteiger charge is -2.12. The molecule has 0 fully saturated rings. The topological polar surface area (TPSA) is 26.3 Å². The molecule has 1 aromatic rings.